The quantitative estimate of drug-likeness (QED) is 0.508. The molecule has 2 aliphatic rings. The lowest BCUT2D eigenvalue weighted by Gasteiger charge is -2.28. The van der Waals surface area contributed by atoms with Crippen molar-refractivity contribution in [2.24, 2.45) is 0 Å². The van der Waals surface area contributed by atoms with Gasteiger partial charge in [-0.1, -0.05) is 0 Å². The van der Waals surface area contributed by atoms with Gasteiger partial charge in [-0.25, -0.2) is 18.0 Å². The molecule has 0 atom stereocenters. The number of anilines is 1. The molecule has 15 heteroatoms. The lowest BCUT2D eigenvalue weighted by atomic mass is 10.0. The third-order valence-electron chi connectivity index (χ3n) is 6.71. The second-order valence-electron chi connectivity index (χ2n) is 10.4. The third kappa shape index (κ3) is 6.22. The monoisotopic (exact) mass is 607 g/mol. The predicted octanol–water partition coefficient (Wildman–Crippen LogP) is 2.68. The van der Waals surface area contributed by atoms with E-state index < -0.39 is 39.5 Å². The van der Waals surface area contributed by atoms with E-state index in [9.17, 15) is 27.6 Å². The van der Waals surface area contributed by atoms with Crippen LogP contribution < -0.4 is 10.6 Å². The van der Waals surface area contributed by atoms with Gasteiger partial charge in [0.25, 0.3) is 11.8 Å². The number of hydrogen-bond acceptors (Lipinski definition) is 9. The molecule has 1 saturated heterocycles. The first kappa shape index (κ1) is 30.4. The van der Waals surface area contributed by atoms with Crippen LogP contribution in [-0.4, -0.2) is 92.6 Å². The number of hydrogen-bond donors (Lipinski definition) is 2. The van der Waals surface area contributed by atoms with E-state index in [0.717, 1.165) is 11.3 Å². The minimum absolute atomic E-state index is 0.0144. The lowest BCUT2D eigenvalue weighted by Crippen LogP contribution is -2.44. The molecule has 0 unspecified atom stereocenters. The molecular weight excluding hydrogens is 574 g/mol. The van der Waals surface area contributed by atoms with Crippen LogP contribution in [0.2, 0.25) is 0 Å². The Kier molecular flexibility index (Phi) is 8.73. The molecule has 41 heavy (non-hydrogen) atoms. The molecule has 3 heterocycles. The summed E-state index contributed by atoms with van der Waals surface area (Å²) < 4.78 is 38.0. The van der Waals surface area contributed by atoms with Gasteiger partial charge >= 0.3 is 12.1 Å². The van der Waals surface area contributed by atoms with Crippen LogP contribution in [-0.2, 0) is 32.5 Å². The van der Waals surface area contributed by atoms with Gasteiger partial charge in [0.2, 0.25) is 10.0 Å². The van der Waals surface area contributed by atoms with Gasteiger partial charge in [-0.15, -0.1) is 11.3 Å². The summed E-state index contributed by atoms with van der Waals surface area (Å²) in [5, 5.41) is 5.27. The minimum Gasteiger partial charge on any atom is -0.450 e. The Labute approximate surface area is 242 Å². The van der Waals surface area contributed by atoms with E-state index in [1.807, 2.05) is 0 Å². The van der Waals surface area contributed by atoms with Crippen molar-refractivity contribution < 1.29 is 37.1 Å². The van der Waals surface area contributed by atoms with Crippen LogP contribution in [0, 0.1) is 0 Å². The summed E-state index contributed by atoms with van der Waals surface area (Å²) in [6.07, 6.45) is -0.160. The Morgan fingerprint density at radius 2 is 1.80 bits per heavy atom. The standard InChI is InChI=1S/C26H33N5O8S2/c1-6-39-25(35)30-12-11-18-19(13-30)40-23(20(18)22(33)28-24(34)29(4)5)27-21(32)16-7-9-17(10-8-16)41(36,37)31-15-38-14-26(31,2)3/h7-10H,6,11-15H2,1-5H3,(H,27,32)(H,28,33,34). The molecule has 4 rings (SSSR count). The number of nitrogens with zero attached hydrogens (tertiary/aromatic N) is 3. The first-order valence-electron chi connectivity index (χ1n) is 12.9. The number of ether oxygens (including phenoxy) is 2. The molecule has 1 aromatic heterocycles. The topological polar surface area (TPSA) is 155 Å². The van der Waals surface area contributed by atoms with Crippen LogP contribution in [0.1, 0.15) is 51.9 Å². The molecule has 1 fully saturated rings. The molecule has 13 nitrogen and oxygen atoms in total. The van der Waals surface area contributed by atoms with Gasteiger partial charge in [0.15, 0.2) is 0 Å². The van der Waals surface area contributed by atoms with E-state index in [4.69, 9.17) is 9.47 Å². The molecular formula is C26H33N5O8S2. The number of fused-ring (bicyclic) bond motifs is 1. The van der Waals surface area contributed by atoms with Gasteiger partial charge in [-0.3, -0.25) is 14.9 Å². The van der Waals surface area contributed by atoms with Crippen LogP contribution in [0.15, 0.2) is 29.2 Å². The Morgan fingerprint density at radius 3 is 2.39 bits per heavy atom. The Morgan fingerprint density at radius 1 is 1.12 bits per heavy atom. The average Bonchev–Trinajstić information content (AvgIpc) is 3.47. The van der Waals surface area contributed by atoms with Crippen LogP contribution in [0.5, 0.6) is 0 Å². The number of benzene rings is 1. The molecule has 1 aromatic carbocycles. The summed E-state index contributed by atoms with van der Waals surface area (Å²) in [6.45, 7) is 6.15. The number of carbonyl (C=O) groups excluding carboxylic acids is 4. The highest BCUT2D eigenvalue weighted by atomic mass is 32.2. The van der Waals surface area contributed by atoms with Crippen molar-refractivity contribution in [1.82, 2.24) is 19.4 Å². The van der Waals surface area contributed by atoms with Gasteiger partial charge in [-0.05, 0) is 57.0 Å². The zero-order valence-corrected chi connectivity index (χ0v) is 25.1. The number of amides is 5. The van der Waals surface area contributed by atoms with Crippen molar-refractivity contribution in [3.05, 3.63) is 45.8 Å². The molecule has 2 N–H and O–H groups in total. The Bertz CT molecular complexity index is 1470. The number of thiophene rings is 1. The fourth-order valence-electron chi connectivity index (χ4n) is 4.47. The summed E-state index contributed by atoms with van der Waals surface area (Å²) >= 11 is 1.13. The highest BCUT2D eigenvalue weighted by Crippen LogP contribution is 2.38. The minimum atomic E-state index is -3.86. The lowest BCUT2D eigenvalue weighted by molar-refractivity contribution is 0.0955. The zero-order chi connectivity index (χ0) is 30.1. The molecule has 2 aromatic rings. The van der Waals surface area contributed by atoms with E-state index in [0.29, 0.717) is 23.4 Å². The molecule has 0 spiro atoms. The number of imide groups is 1. The van der Waals surface area contributed by atoms with E-state index in [1.165, 1.54) is 52.5 Å². The third-order valence-corrected chi connectivity index (χ3v) is 9.89. The second-order valence-corrected chi connectivity index (χ2v) is 13.3. The second kappa shape index (κ2) is 11.8. The summed E-state index contributed by atoms with van der Waals surface area (Å²) in [5.41, 5.74) is 0.233. The van der Waals surface area contributed by atoms with Crippen molar-refractivity contribution in [3.63, 3.8) is 0 Å². The van der Waals surface area contributed by atoms with Crippen LogP contribution >= 0.6 is 11.3 Å². The highest BCUT2D eigenvalue weighted by Gasteiger charge is 2.42. The van der Waals surface area contributed by atoms with Gasteiger partial charge in [0.05, 0.1) is 35.8 Å². The first-order valence-corrected chi connectivity index (χ1v) is 15.1. The first-order chi connectivity index (χ1) is 19.3. The van der Waals surface area contributed by atoms with Crippen molar-refractivity contribution in [1.29, 1.82) is 0 Å². The fourth-order valence-corrected chi connectivity index (χ4v) is 7.38. The summed E-state index contributed by atoms with van der Waals surface area (Å²) in [4.78, 5) is 54.3. The van der Waals surface area contributed by atoms with E-state index >= 15 is 0 Å². The van der Waals surface area contributed by atoms with Crippen molar-refractivity contribution >= 4 is 50.3 Å². The molecule has 222 valence electrons. The highest BCUT2D eigenvalue weighted by molar-refractivity contribution is 7.89. The van der Waals surface area contributed by atoms with E-state index in [1.54, 1.807) is 20.8 Å². The van der Waals surface area contributed by atoms with Gasteiger partial charge < -0.3 is 24.6 Å². The maximum absolute atomic E-state index is 13.2. The van der Waals surface area contributed by atoms with Crippen LogP contribution in [0.4, 0.5) is 14.6 Å². The molecule has 0 aliphatic carbocycles. The van der Waals surface area contributed by atoms with Gasteiger partial charge in [-0.2, -0.15) is 4.31 Å². The number of rotatable bonds is 6. The summed E-state index contributed by atoms with van der Waals surface area (Å²) in [6, 6.07) is 4.84. The van der Waals surface area contributed by atoms with Crippen molar-refractivity contribution in [3.8, 4) is 0 Å². The smallest absolute Gasteiger partial charge is 0.410 e. The number of urea groups is 1. The van der Waals surface area contributed by atoms with E-state index in [2.05, 4.69) is 10.6 Å². The molecule has 0 radical (unpaired) electrons. The number of carbonyl (C=O) groups is 4. The Balaban J connectivity index is 1.60. The van der Waals surface area contributed by atoms with Gasteiger partial charge in [0.1, 0.15) is 11.7 Å². The van der Waals surface area contributed by atoms with Crippen LogP contribution in [0.25, 0.3) is 0 Å². The fraction of sp³-hybridized carbons (Fsp3) is 0.462. The van der Waals surface area contributed by atoms with Crippen LogP contribution in [0.3, 0.4) is 0 Å². The summed E-state index contributed by atoms with van der Waals surface area (Å²) in [5.74, 6) is -1.26. The maximum Gasteiger partial charge on any atom is 0.410 e. The van der Waals surface area contributed by atoms with E-state index in [-0.39, 0.29) is 47.5 Å². The molecule has 0 bridgehead atoms. The maximum atomic E-state index is 13.2. The average molecular weight is 608 g/mol. The zero-order valence-electron chi connectivity index (χ0n) is 23.5. The SMILES string of the molecule is CCOC(=O)N1CCc2c(sc(NC(=O)c3ccc(S(=O)(=O)N4COCC4(C)C)cc3)c2C(=O)NC(=O)N(C)C)C1. The molecule has 2 aliphatic heterocycles. The summed E-state index contributed by atoms with van der Waals surface area (Å²) in [7, 11) is -0.869. The molecule has 5 amide bonds. The number of nitrogens with one attached hydrogen (secondary N) is 2. The van der Waals surface area contributed by atoms with Gasteiger partial charge in [0, 0.05) is 31.1 Å². The number of sulfonamides is 1. The largest absolute Gasteiger partial charge is 0.450 e. The normalized spacial score (nSPS) is 16.6. The van der Waals surface area contributed by atoms with Crippen molar-refractivity contribution in [2.45, 2.75) is 44.2 Å². The molecule has 0 saturated carbocycles. The Hall–Kier alpha value is -3.53. The van der Waals surface area contributed by atoms with Crippen molar-refractivity contribution in [2.75, 3.05) is 45.9 Å². The predicted molar refractivity (Wildman–Crippen MR) is 150 cm³/mol.